The Morgan fingerprint density at radius 3 is 2.85 bits per heavy atom. The lowest BCUT2D eigenvalue weighted by atomic mass is 10.4. The number of nitrogens with two attached hydrogens (primary N) is 1. The predicted molar refractivity (Wildman–Crippen MR) is 44.7 cm³/mol. The zero-order valence-electron chi connectivity index (χ0n) is 7.19. The Morgan fingerprint density at radius 2 is 2.23 bits per heavy atom. The fraction of sp³-hybridized carbons (Fsp3) is 0.429. The average Bonchev–Trinajstić information content (AvgIpc) is 2.04. The molecule has 2 N–H and O–H groups in total. The normalized spacial score (nSPS) is 9.23. The van der Waals surface area contributed by atoms with Crippen LogP contribution in [-0.2, 0) is 6.42 Å². The van der Waals surface area contributed by atoms with Gasteiger partial charge >= 0.3 is 6.01 Å². The molecule has 13 heavy (non-hydrogen) atoms. The van der Waals surface area contributed by atoms with Gasteiger partial charge in [-0.2, -0.15) is 20.2 Å². The van der Waals surface area contributed by atoms with Crippen molar-refractivity contribution in [3.05, 3.63) is 5.82 Å². The molecule has 1 heterocycles. The number of rotatable bonds is 3. The number of ether oxygens (including phenoxy) is 1. The topological polar surface area (TPSA) is 97.7 Å². The van der Waals surface area contributed by atoms with Crippen LogP contribution in [0.25, 0.3) is 0 Å². The SMILES string of the molecule is CCOc1nc(N)nc(CC#N)n1. The molecule has 0 aliphatic heterocycles. The second-order valence-electron chi connectivity index (χ2n) is 2.16. The van der Waals surface area contributed by atoms with Crippen molar-refractivity contribution >= 4 is 5.95 Å². The third-order valence-electron chi connectivity index (χ3n) is 1.19. The molecule has 6 heteroatoms. The summed E-state index contributed by atoms with van der Waals surface area (Å²) in [5, 5.41) is 8.40. The number of anilines is 1. The molecule has 0 atom stereocenters. The fourth-order valence-corrected chi connectivity index (χ4v) is 0.759. The Bertz CT molecular complexity index is 332. The van der Waals surface area contributed by atoms with Crippen LogP contribution in [0.2, 0.25) is 0 Å². The van der Waals surface area contributed by atoms with E-state index in [0.717, 1.165) is 0 Å². The second kappa shape index (κ2) is 4.21. The minimum Gasteiger partial charge on any atom is -0.464 e. The van der Waals surface area contributed by atoms with E-state index in [1.54, 1.807) is 0 Å². The van der Waals surface area contributed by atoms with Crippen LogP contribution in [0.1, 0.15) is 12.7 Å². The number of aromatic nitrogens is 3. The van der Waals surface area contributed by atoms with Crippen LogP contribution in [0.5, 0.6) is 6.01 Å². The van der Waals surface area contributed by atoms with Gasteiger partial charge in [-0.15, -0.1) is 0 Å². The number of nitriles is 1. The first-order valence-corrected chi connectivity index (χ1v) is 3.76. The molecular weight excluding hydrogens is 170 g/mol. The van der Waals surface area contributed by atoms with E-state index in [9.17, 15) is 0 Å². The van der Waals surface area contributed by atoms with E-state index in [4.69, 9.17) is 15.7 Å². The first-order valence-electron chi connectivity index (χ1n) is 3.76. The zero-order valence-corrected chi connectivity index (χ0v) is 7.19. The van der Waals surface area contributed by atoms with Gasteiger partial charge in [0.15, 0.2) is 5.82 Å². The molecule has 1 aromatic heterocycles. The van der Waals surface area contributed by atoms with Gasteiger partial charge in [0, 0.05) is 0 Å². The molecule has 0 amide bonds. The van der Waals surface area contributed by atoms with Gasteiger partial charge in [0.05, 0.1) is 19.1 Å². The van der Waals surface area contributed by atoms with Crippen LogP contribution in [-0.4, -0.2) is 21.6 Å². The highest BCUT2D eigenvalue weighted by atomic mass is 16.5. The largest absolute Gasteiger partial charge is 0.464 e. The lowest BCUT2D eigenvalue weighted by Crippen LogP contribution is -2.06. The number of hydrogen-bond donors (Lipinski definition) is 1. The van der Waals surface area contributed by atoms with Crippen LogP contribution in [0.4, 0.5) is 5.95 Å². The lowest BCUT2D eigenvalue weighted by Gasteiger charge is -2.01. The van der Waals surface area contributed by atoms with Crippen molar-refractivity contribution in [1.29, 1.82) is 5.26 Å². The minimum absolute atomic E-state index is 0.0729. The van der Waals surface area contributed by atoms with Gasteiger partial charge in [-0.1, -0.05) is 0 Å². The van der Waals surface area contributed by atoms with E-state index < -0.39 is 0 Å². The highest BCUT2D eigenvalue weighted by Gasteiger charge is 2.03. The van der Waals surface area contributed by atoms with E-state index in [1.165, 1.54) is 0 Å². The van der Waals surface area contributed by atoms with Gasteiger partial charge < -0.3 is 10.5 Å². The molecular formula is C7H9N5O. The summed E-state index contributed by atoms with van der Waals surface area (Å²) in [5.74, 6) is 0.405. The van der Waals surface area contributed by atoms with Gasteiger partial charge in [0.2, 0.25) is 5.95 Å². The van der Waals surface area contributed by atoms with Crippen LogP contribution < -0.4 is 10.5 Å². The highest BCUT2D eigenvalue weighted by Crippen LogP contribution is 2.04. The van der Waals surface area contributed by atoms with Crippen LogP contribution in [0.15, 0.2) is 0 Å². The van der Waals surface area contributed by atoms with Gasteiger partial charge in [0.1, 0.15) is 0 Å². The van der Waals surface area contributed by atoms with E-state index >= 15 is 0 Å². The molecule has 0 saturated heterocycles. The van der Waals surface area contributed by atoms with E-state index in [-0.39, 0.29) is 18.4 Å². The van der Waals surface area contributed by atoms with Crippen molar-refractivity contribution in [2.75, 3.05) is 12.3 Å². The van der Waals surface area contributed by atoms with Crippen molar-refractivity contribution in [2.24, 2.45) is 0 Å². The number of nitrogen functional groups attached to an aromatic ring is 1. The minimum atomic E-state index is 0.0729. The molecule has 6 nitrogen and oxygen atoms in total. The highest BCUT2D eigenvalue weighted by molar-refractivity contribution is 5.19. The maximum atomic E-state index is 8.40. The molecule has 0 aliphatic carbocycles. The molecule has 1 rings (SSSR count). The van der Waals surface area contributed by atoms with Gasteiger partial charge in [-0.05, 0) is 6.92 Å². The summed E-state index contributed by atoms with van der Waals surface area (Å²) in [7, 11) is 0. The van der Waals surface area contributed by atoms with Gasteiger partial charge in [-0.25, -0.2) is 0 Å². The lowest BCUT2D eigenvalue weighted by molar-refractivity contribution is 0.311. The van der Waals surface area contributed by atoms with Crippen molar-refractivity contribution in [2.45, 2.75) is 13.3 Å². The predicted octanol–water partition coefficient (Wildman–Crippen LogP) is -0.0814. The van der Waals surface area contributed by atoms with E-state index in [1.807, 2.05) is 13.0 Å². The molecule has 0 unspecified atom stereocenters. The monoisotopic (exact) mass is 179 g/mol. The Hall–Kier alpha value is -1.90. The summed E-state index contributed by atoms with van der Waals surface area (Å²) in [4.78, 5) is 11.4. The van der Waals surface area contributed by atoms with Crippen LogP contribution >= 0.6 is 0 Å². The van der Waals surface area contributed by atoms with Crippen molar-refractivity contribution in [3.63, 3.8) is 0 Å². The first-order chi connectivity index (χ1) is 6.26. The molecule has 0 bridgehead atoms. The maximum Gasteiger partial charge on any atom is 0.321 e. The Balaban J connectivity index is 2.91. The molecule has 0 saturated carbocycles. The molecule has 1 aromatic rings. The standard InChI is InChI=1S/C7H9N5O/c1-2-13-7-11-5(3-4-8)10-6(9)12-7/h2-3H2,1H3,(H2,9,10,11,12). The Labute approximate surface area is 75.4 Å². The summed E-state index contributed by atoms with van der Waals surface area (Å²) in [5.41, 5.74) is 5.37. The van der Waals surface area contributed by atoms with Gasteiger partial charge in [-0.3, -0.25) is 0 Å². The summed E-state index contributed by atoms with van der Waals surface area (Å²) in [6, 6.07) is 2.08. The number of nitrogens with zero attached hydrogens (tertiary/aromatic N) is 4. The molecule has 0 spiro atoms. The van der Waals surface area contributed by atoms with Crippen LogP contribution in [0.3, 0.4) is 0 Å². The van der Waals surface area contributed by atoms with Crippen LogP contribution in [0, 0.1) is 11.3 Å². The molecule has 68 valence electrons. The molecule has 0 aliphatic rings. The summed E-state index contributed by atoms with van der Waals surface area (Å²) in [6.45, 7) is 2.26. The summed E-state index contributed by atoms with van der Waals surface area (Å²) < 4.78 is 5.02. The Kier molecular flexibility index (Phi) is 2.97. The molecule has 0 radical (unpaired) electrons. The van der Waals surface area contributed by atoms with E-state index in [0.29, 0.717) is 12.4 Å². The molecule has 0 aromatic carbocycles. The summed E-state index contributed by atoms with van der Waals surface area (Å²) >= 11 is 0. The fourth-order valence-electron chi connectivity index (χ4n) is 0.759. The number of hydrogen-bond acceptors (Lipinski definition) is 6. The van der Waals surface area contributed by atoms with Gasteiger partial charge in [0.25, 0.3) is 0 Å². The maximum absolute atomic E-state index is 8.40. The zero-order chi connectivity index (χ0) is 9.68. The quantitative estimate of drug-likeness (QED) is 0.696. The van der Waals surface area contributed by atoms with Crippen molar-refractivity contribution < 1.29 is 4.74 Å². The molecule has 0 fully saturated rings. The smallest absolute Gasteiger partial charge is 0.321 e. The van der Waals surface area contributed by atoms with Crippen molar-refractivity contribution in [3.8, 4) is 12.1 Å². The average molecular weight is 179 g/mol. The first kappa shape index (κ1) is 9.19. The van der Waals surface area contributed by atoms with Crippen molar-refractivity contribution in [1.82, 2.24) is 15.0 Å². The summed E-state index contributed by atoms with van der Waals surface area (Å²) in [6.07, 6.45) is 0.104. The second-order valence-corrected chi connectivity index (χ2v) is 2.16. The van der Waals surface area contributed by atoms with E-state index in [2.05, 4.69) is 15.0 Å². The Morgan fingerprint density at radius 1 is 1.46 bits per heavy atom. The third-order valence-corrected chi connectivity index (χ3v) is 1.19. The third kappa shape index (κ3) is 2.56.